The van der Waals surface area contributed by atoms with E-state index < -0.39 is 0 Å². The molecule has 1 aliphatic heterocycles. The van der Waals surface area contributed by atoms with Crippen LogP contribution >= 0.6 is 0 Å². The van der Waals surface area contributed by atoms with Crippen LogP contribution in [0.4, 0.5) is 0 Å². The number of nitrogens with one attached hydrogen (secondary N) is 1. The van der Waals surface area contributed by atoms with Crippen LogP contribution in [0.25, 0.3) is 22.7 Å². The summed E-state index contributed by atoms with van der Waals surface area (Å²) in [6, 6.07) is 4.23. The Labute approximate surface area is 203 Å². The van der Waals surface area contributed by atoms with E-state index in [9.17, 15) is 0 Å². The summed E-state index contributed by atoms with van der Waals surface area (Å²) in [5.74, 6) is 2.62. The fourth-order valence-electron chi connectivity index (χ4n) is 3.30. The molecule has 2 aliphatic rings. The van der Waals surface area contributed by atoms with Crippen LogP contribution in [-0.4, -0.2) is 22.0 Å². The molecule has 5 nitrogen and oxygen atoms in total. The first-order chi connectivity index (χ1) is 13.0. The molecule has 0 radical (unpaired) electrons. The first-order valence-electron chi connectivity index (χ1n) is 10.1. The van der Waals surface area contributed by atoms with Gasteiger partial charge >= 0.3 is 0 Å². The molecular weight excluding hydrogens is 571 g/mol. The number of hydrogen-bond acceptors (Lipinski definition) is 2. The number of fused-ring (bicyclic) bond motifs is 3. The number of ether oxygens (including phenoxy) is 1. The molecule has 31 heavy (non-hydrogen) atoms. The average Bonchev–Trinajstić information content (AvgIpc) is 3.46. The van der Waals surface area contributed by atoms with Crippen molar-refractivity contribution in [3.05, 3.63) is 61.3 Å². The Morgan fingerprint density at radius 3 is 2.32 bits per heavy atom. The first-order valence-corrected chi connectivity index (χ1v) is 10.1. The smallest absolute Gasteiger partial charge is 0.180 e. The second-order valence-corrected chi connectivity index (χ2v) is 7.37. The largest absolute Gasteiger partial charge is 0.674 e. The second-order valence-electron chi connectivity index (χ2n) is 7.37. The van der Waals surface area contributed by atoms with Crippen molar-refractivity contribution in [3.8, 4) is 11.5 Å². The zero-order chi connectivity index (χ0) is 19.8. The van der Waals surface area contributed by atoms with Gasteiger partial charge in [0.15, 0.2) is 11.5 Å². The Morgan fingerprint density at radius 1 is 1.19 bits per heavy atom. The summed E-state index contributed by atoms with van der Waals surface area (Å²) in [5.41, 5.74) is 10.8. The summed E-state index contributed by atoms with van der Waals surface area (Å²) in [6.45, 7) is 12.2. The van der Waals surface area contributed by atoms with Crippen molar-refractivity contribution in [1.29, 1.82) is 0 Å². The maximum absolute atomic E-state index is 7.48. The van der Waals surface area contributed by atoms with E-state index in [1.165, 1.54) is 25.7 Å². The SMILES string of the molecule is C=C/C=C\c1c2c(c3cccnc3c1C)O2.CC1CCCCC1[NH-].CCC.O.O.[CH3-].[Pt]. The summed E-state index contributed by atoms with van der Waals surface area (Å²) in [5, 5.41) is 1.10. The van der Waals surface area contributed by atoms with Gasteiger partial charge in [-0.05, 0) is 24.6 Å². The summed E-state index contributed by atoms with van der Waals surface area (Å²) in [4.78, 5) is 4.40. The molecule has 6 heteroatoms. The third kappa shape index (κ3) is 9.24. The molecule has 0 bridgehead atoms. The Bertz CT molecular complexity index is 799. The molecule has 1 aliphatic carbocycles. The normalized spacial score (nSPS) is 17.3. The minimum Gasteiger partial charge on any atom is -0.674 e. The number of rotatable bonds is 2. The van der Waals surface area contributed by atoms with E-state index in [2.05, 4.69) is 39.3 Å². The minimum atomic E-state index is 0. The first kappa shape index (κ1) is 34.1. The van der Waals surface area contributed by atoms with Crippen LogP contribution in [0.3, 0.4) is 0 Å². The summed E-state index contributed by atoms with van der Waals surface area (Å²) < 4.78 is 5.53. The fraction of sp³-hybridized carbons (Fsp3) is 0.440. The Balaban J connectivity index is -0.000000453. The third-order valence-electron chi connectivity index (χ3n) is 4.94. The number of aromatic nitrogens is 1. The van der Waals surface area contributed by atoms with Gasteiger partial charge in [0.25, 0.3) is 0 Å². The quantitative estimate of drug-likeness (QED) is 0.183. The summed E-state index contributed by atoms with van der Waals surface area (Å²) in [7, 11) is 0. The fourth-order valence-corrected chi connectivity index (χ4v) is 3.30. The Morgan fingerprint density at radius 2 is 1.81 bits per heavy atom. The zero-order valence-corrected chi connectivity index (χ0v) is 21.8. The second kappa shape index (κ2) is 17.1. The molecule has 0 saturated heterocycles. The molecule has 1 fully saturated rings. The van der Waals surface area contributed by atoms with Crippen LogP contribution in [0.15, 0.2) is 37.1 Å². The average molecular weight is 612 g/mol. The van der Waals surface area contributed by atoms with Gasteiger partial charge in [0, 0.05) is 38.2 Å². The van der Waals surface area contributed by atoms with Crippen molar-refractivity contribution in [2.24, 2.45) is 5.92 Å². The molecule has 2 atom stereocenters. The van der Waals surface area contributed by atoms with Gasteiger partial charge in [-0.25, -0.2) is 0 Å². The Hall–Kier alpha value is -1.52. The predicted molar refractivity (Wildman–Crippen MR) is 131 cm³/mol. The van der Waals surface area contributed by atoms with Gasteiger partial charge in [0.2, 0.25) is 0 Å². The van der Waals surface area contributed by atoms with Crippen molar-refractivity contribution in [2.45, 2.75) is 65.8 Å². The van der Waals surface area contributed by atoms with E-state index in [-0.39, 0.29) is 45.5 Å². The van der Waals surface area contributed by atoms with Gasteiger partial charge in [0.05, 0.1) is 5.52 Å². The van der Waals surface area contributed by atoms with Crippen LogP contribution in [0.1, 0.15) is 64.0 Å². The number of hydrogen-bond donors (Lipinski definition) is 0. The third-order valence-corrected chi connectivity index (χ3v) is 4.94. The van der Waals surface area contributed by atoms with Crippen molar-refractivity contribution in [2.75, 3.05) is 0 Å². The van der Waals surface area contributed by atoms with E-state index in [0.29, 0.717) is 5.92 Å². The van der Waals surface area contributed by atoms with Gasteiger partial charge in [-0.1, -0.05) is 83.6 Å². The van der Waals surface area contributed by atoms with Crippen LogP contribution in [0.2, 0.25) is 0 Å². The molecule has 1 aromatic carbocycles. The van der Waals surface area contributed by atoms with Gasteiger partial charge in [-0.3, -0.25) is 4.98 Å². The van der Waals surface area contributed by atoms with Crippen LogP contribution < -0.4 is 4.74 Å². The maximum atomic E-state index is 7.48. The molecule has 2 unspecified atom stereocenters. The van der Waals surface area contributed by atoms with Crippen LogP contribution in [0, 0.1) is 20.3 Å². The molecule has 0 spiro atoms. The summed E-state index contributed by atoms with van der Waals surface area (Å²) >= 11 is 0. The molecule has 1 aromatic heterocycles. The van der Waals surface area contributed by atoms with Crippen molar-refractivity contribution in [3.63, 3.8) is 0 Å². The number of pyridine rings is 1. The van der Waals surface area contributed by atoms with E-state index in [1.54, 1.807) is 6.08 Å². The number of allylic oxidation sites excluding steroid dienone is 2. The summed E-state index contributed by atoms with van der Waals surface area (Å²) in [6.07, 6.45) is 13.8. The number of aryl methyl sites for hydroxylation is 1. The molecular formula is C25H40N2O3Pt-2. The van der Waals surface area contributed by atoms with Crippen LogP contribution in [0.5, 0.6) is 11.5 Å². The number of benzene rings is 1. The Kier molecular flexibility index (Phi) is 18.8. The van der Waals surface area contributed by atoms with Crippen molar-refractivity contribution < 1.29 is 36.8 Å². The predicted octanol–water partition coefficient (Wildman–Crippen LogP) is 6.68. The minimum absolute atomic E-state index is 0. The monoisotopic (exact) mass is 611 g/mol. The van der Waals surface area contributed by atoms with E-state index in [4.69, 9.17) is 10.5 Å². The molecule has 4 rings (SSSR count). The molecule has 180 valence electrons. The van der Waals surface area contributed by atoms with E-state index >= 15 is 0 Å². The molecule has 1 saturated carbocycles. The van der Waals surface area contributed by atoms with Crippen LogP contribution in [-0.2, 0) is 21.1 Å². The van der Waals surface area contributed by atoms with Crippen molar-refractivity contribution in [1.82, 2.24) is 4.98 Å². The molecule has 2 heterocycles. The molecule has 5 N–H and O–H groups in total. The van der Waals surface area contributed by atoms with Gasteiger partial charge in [-0.15, -0.1) is 6.04 Å². The molecule has 0 amide bonds. The van der Waals surface area contributed by atoms with Crippen molar-refractivity contribution >= 4 is 17.0 Å². The zero-order valence-electron chi connectivity index (χ0n) is 19.5. The van der Waals surface area contributed by atoms with Gasteiger partial charge < -0.3 is 28.8 Å². The maximum Gasteiger partial charge on any atom is 0.180 e. The number of nitrogens with zero attached hydrogens (tertiary/aromatic N) is 1. The topological polar surface area (TPSA) is 112 Å². The van der Waals surface area contributed by atoms with E-state index in [0.717, 1.165) is 39.9 Å². The van der Waals surface area contributed by atoms with Gasteiger partial charge in [-0.2, -0.15) is 0 Å². The standard InChI is InChI=1S/C14H11NO.C7H14N.C3H8.CH3.2H2O.Pt/c1-3-4-6-10-9(2)12-11(7-5-8-15-12)14-13(10)16-14;1-6-4-2-3-5-7(6)8;1-3-2;;;;/h3-8H,1H2,2H3;6-8H,2-5H2,1H3;3H2,1-2H3;1H3;2*1H2;/q;-1;;-1;;;/b6-4-;;;;;;. The van der Waals surface area contributed by atoms with Gasteiger partial charge in [0.1, 0.15) is 0 Å². The molecule has 2 aromatic rings. The van der Waals surface area contributed by atoms with E-state index in [1.807, 2.05) is 30.5 Å².